The van der Waals surface area contributed by atoms with E-state index in [0.717, 1.165) is 12.8 Å². The Hall–Kier alpha value is -5.86. The summed E-state index contributed by atoms with van der Waals surface area (Å²) >= 11 is 0. The maximum Gasteiger partial charge on any atom is 0.0548 e. The predicted molar refractivity (Wildman–Crippen MR) is 223 cm³/mol. The fraction of sp³-hybridized carbons (Fsp3) is 0.160. The summed E-state index contributed by atoms with van der Waals surface area (Å²) in [5.74, 6) is 0. The molecule has 0 radical (unpaired) electrons. The average molecular weight is 673 g/mol. The van der Waals surface area contributed by atoms with E-state index < -0.39 is 0 Å². The number of nitrogens with zero attached hydrogens (tertiary/aromatic N) is 2. The molecule has 0 saturated carbocycles. The Balaban J connectivity index is 1.16. The number of hydrogen-bond donors (Lipinski definition) is 0. The van der Waals surface area contributed by atoms with Gasteiger partial charge in [0.15, 0.2) is 0 Å². The second kappa shape index (κ2) is 13.7. The van der Waals surface area contributed by atoms with E-state index in [9.17, 15) is 0 Å². The molecule has 0 fully saturated rings. The van der Waals surface area contributed by atoms with Crippen molar-refractivity contribution in [2.75, 3.05) is 0 Å². The highest BCUT2D eigenvalue weighted by Crippen LogP contribution is 2.42. The Labute approximate surface area is 306 Å². The third-order valence-corrected chi connectivity index (χ3v) is 10.9. The lowest BCUT2D eigenvalue weighted by atomic mass is 9.98. The fourth-order valence-corrected chi connectivity index (χ4v) is 8.23. The zero-order valence-electron chi connectivity index (χ0n) is 30.1. The van der Waals surface area contributed by atoms with Crippen LogP contribution in [0.2, 0.25) is 0 Å². The lowest BCUT2D eigenvalue weighted by Gasteiger charge is -2.12. The molecule has 2 heteroatoms. The van der Waals surface area contributed by atoms with Crippen LogP contribution in [0.15, 0.2) is 158 Å². The number of aryl methyl sites for hydroxylation is 2. The first kappa shape index (κ1) is 32.1. The molecule has 9 rings (SSSR count). The highest BCUT2D eigenvalue weighted by molar-refractivity contribution is 6.28. The minimum atomic E-state index is 1.11. The number of unbranched alkanes of at least 4 members (excludes halogenated alkanes) is 2. The van der Waals surface area contributed by atoms with Gasteiger partial charge in [0.05, 0.1) is 22.1 Å². The molecular formula is C50H44N2. The number of hydrogen-bond acceptors (Lipinski definition) is 0. The quantitative estimate of drug-likeness (QED) is 0.137. The minimum absolute atomic E-state index is 1.11. The van der Waals surface area contributed by atoms with Gasteiger partial charge in [-0.15, -0.1) is 0 Å². The van der Waals surface area contributed by atoms with Crippen LogP contribution in [0.25, 0.3) is 77.2 Å². The van der Waals surface area contributed by atoms with E-state index in [1.165, 1.54) is 114 Å². The van der Waals surface area contributed by atoms with Crippen LogP contribution in [0.3, 0.4) is 0 Å². The third-order valence-electron chi connectivity index (χ3n) is 10.9. The van der Waals surface area contributed by atoms with Gasteiger partial charge in [-0.2, -0.15) is 0 Å². The molecule has 52 heavy (non-hydrogen) atoms. The topological polar surface area (TPSA) is 9.86 Å². The van der Waals surface area contributed by atoms with E-state index in [2.05, 4.69) is 181 Å². The first-order chi connectivity index (χ1) is 25.7. The zero-order valence-corrected chi connectivity index (χ0v) is 30.1. The van der Waals surface area contributed by atoms with E-state index in [0.29, 0.717) is 0 Å². The fourth-order valence-electron chi connectivity index (χ4n) is 8.23. The Morgan fingerprint density at radius 3 is 1.42 bits per heavy atom. The second-order valence-electron chi connectivity index (χ2n) is 14.3. The van der Waals surface area contributed by atoms with Crippen molar-refractivity contribution in [3.63, 3.8) is 0 Å². The van der Waals surface area contributed by atoms with Gasteiger partial charge in [0.25, 0.3) is 0 Å². The van der Waals surface area contributed by atoms with Crippen molar-refractivity contribution in [2.24, 2.45) is 0 Å². The van der Waals surface area contributed by atoms with Gasteiger partial charge in [0.2, 0.25) is 0 Å². The molecule has 2 nitrogen and oxygen atoms in total. The molecule has 7 aromatic carbocycles. The van der Waals surface area contributed by atoms with Crippen molar-refractivity contribution in [3.8, 4) is 33.6 Å². The molecule has 0 aliphatic rings. The Morgan fingerprint density at radius 2 is 0.846 bits per heavy atom. The monoisotopic (exact) mass is 672 g/mol. The van der Waals surface area contributed by atoms with Crippen LogP contribution in [-0.4, -0.2) is 9.13 Å². The van der Waals surface area contributed by atoms with E-state index in [1.807, 2.05) is 0 Å². The molecule has 0 N–H and O–H groups in total. The average Bonchev–Trinajstić information content (AvgIpc) is 3.72. The summed E-state index contributed by atoms with van der Waals surface area (Å²) in [5.41, 5.74) is 15.1. The van der Waals surface area contributed by atoms with E-state index in [-0.39, 0.29) is 0 Å². The van der Waals surface area contributed by atoms with Gasteiger partial charge in [-0.3, -0.25) is 0 Å². The highest BCUT2D eigenvalue weighted by Gasteiger charge is 2.20. The summed E-state index contributed by atoms with van der Waals surface area (Å²) in [7, 11) is 0. The maximum absolute atomic E-state index is 2.47. The molecule has 0 aliphatic heterocycles. The summed E-state index contributed by atoms with van der Waals surface area (Å²) in [6.45, 7) is 4.52. The number of benzene rings is 7. The molecular weight excluding hydrogens is 629 g/mol. The zero-order chi connectivity index (χ0) is 35.0. The van der Waals surface area contributed by atoms with Gasteiger partial charge in [-0.05, 0) is 108 Å². The standard InChI is InChI=1S/C50H44N2/c1-3-5-13-35-23-25-37(26-24-35)38-27-29-39(30-28-38)40-16-12-18-42(34-40)52-46-22-10-8-20-44(46)50-48(52)32-31-47-49(50)43-19-7-9-21-45(43)51(47)41-17-11-15-36(33-41)14-6-4-2/h7-12,15-34H,3-6,13-14H2,1-2H3. The van der Waals surface area contributed by atoms with Crippen molar-refractivity contribution < 1.29 is 0 Å². The molecule has 0 amide bonds. The summed E-state index contributed by atoms with van der Waals surface area (Å²) in [4.78, 5) is 0. The van der Waals surface area contributed by atoms with Gasteiger partial charge < -0.3 is 9.13 Å². The minimum Gasteiger partial charge on any atom is -0.309 e. The molecule has 0 saturated heterocycles. The second-order valence-corrected chi connectivity index (χ2v) is 14.3. The molecule has 0 aliphatic carbocycles. The largest absolute Gasteiger partial charge is 0.309 e. The summed E-state index contributed by atoms with van der Waals surface area (Å²) in [6.07, 6.45) is 7.13. The van der Waals surface area contributed by atoms with Gasteiger partial charge in [0.1, 0.15) is 0 Å². The lowest BCUT2D eigenvalue weighted by Crippen LogP contribution is -1.96. The summed E-state index contributed by atoms with van der Waals surface area (Å²) in [5, 5.41) is 5.18. The molecule has 0 spiro atoms. The Kier molecular flexibility index (Phi) is 8.45. The van der Waals surface area contributed by atoms with Crippen molar-refractivity contribution in [3.05, 3.63) is 169 Å². The van der Waals surface area contributed by atoms with Crippen LogP contribution in [0.4, 0.5) is 0 Å². The smallest absolute Gasteiger partial charge is 0.0548 e. The molecule has 2 heterocycles. The predicted octanol–water partition coefficient (Wildman–Crippen LogP) is 13.9. The van der Waals surface area contributed by atoms with Crippen LogP contribution >= 0.6 is 0 Å². The summed E-state index contributed by atoms with van der Waals surface area (Å²) in [6, 6.07) is 58.8. The van der Waals surface area contributed by atoms with Crippen molar-refractivity contribution in [1.29, 1.82) is 0 Å². The third kappa shape index (κ3) is 5.60. The van der Waals surface area contributed by atoms with E-state index >= 15 is 0 Å². The van der Waals surface area contributed by atoms with E-state index in [4.69, 9.17) is 0 Å². The van der Waals surface area contributed by atoms with Gasteiger partial charge >= 0.3 is 0 Å². The molecule has 9 aromatic rings. The molecule has 2 aromatic heterocycles. The van der Waals surface area contributed by atoms with Crippen LogP contribution in [0, 0.1) is 0 Å². The SMILES string of the molecule is CCCCc1ccc(-c2ccc(-c3cccc(-n4c5ccccc5c5c6c7ccccc7n(-c7cccc(CCCC)c7)c6ccc54)c3)cc2)cc1. The van der Waals surface area contributed by atoms with Crippen LogP contribution in [0.5, 0.6) is 0 Å². The number of fused-ring (bicyclic) bond motifs is 7. The number of aromatic nitrogens is 2. The van der Waals surface area contributed by atoms with Crippen LogP contribution in [0.1, 0.15) is 50.7 Å². The highest BCUT2D eigenvalue weighted by atomic mass is 15.0. The summed E-state index contributed by atoms with van der Waals surface area (Å²) < 4.78 is 4.93. The molecule has 0 atom stereocenters. The van der Waals surface area contributed by atoms with Crippen LogP contribution < -0.4 is 0 Å². The normalized spacial score (nSPS) is 11.7. The van der Waals surface area contributed by atoms with Crippen molar-refractivity contribution in [1.82, 2.24) is 9.13 Å². The van der Waals surface area contributed by atoms with Crippen molar-refractivity contribution >= 4 is 43.6 Å². The number of rotatable bonds is 10. The van der Waals surface area contributed by atoms with E-state index in [1.54, 1.807) is 0 Å². The molecule has 0 bridgehead atoms. The first-order valence-corrected chi connectivity index (χ1v) is 19.1. The maximum atomic E-state index is 2.47. The lowest BCUT2D eigenvalue weighted by molar-refractivity contribution is 0.794. The first-order valence-electron chi connectivity index (χ1n) is 19.1. The van der Waals surface area contributed by atoms with Crippen molar-refractivity contribution in [2.45, 2.75) is 52.4 Å². The Morgan fingerprint density at radius 1 is 0.365 bits per heavy atom. The number of para-hydroxylation sites is 2. The molecule has 0 unspecified atom stereocenters. The van der Waals surface area contributed by atoms with Gasteiger partial charge in [-0.1, -0.05) is 136 Å². The van der Waals surface area contributed by atoms with Gasteiger partial charge in [-0.25, -0.2) is 0 Å². The van der Waals surface area contributed by atoms with Gasteiger partial charge in [0, 0.05) is 32.9 Å². The van der Waals surface area contributed by atoms with Crippen LogP contribution in [-0.2, 0) is 12.8 Å². The Bertz CT molecular complexity index is 2690. The molecule has 254 valence electrons.